The molecule has 3 aliphatic rings. The van der Waals surface area contributed by atoms with E-state index >= 15 is 0 Å². The highest BCUT2D eigenvalue weighted by atomic mass is 16.5. The Morgan fingerprint density at radius 1 is 1.08 bits per heavy atom. The molecule has 1 aromatic carbocycles. The Morgan fingerprint density at radius 3 is 2.33 bits per heavy atom. The van der Waals surface area contributed by atoms with E-state index in [1.807, 2.05) is 0 Å². The number of para-hydroxylation sites is 1. The zero-order valence-electron chi connectivity index (χ0n) is 13.5. The molecule has 6 nitrogen and oxygen atoms in total. The van der Waals surface area contributed by atoms with Crippen molar-refractivity contribution in [2.75, 3.05) is 14.2 Å². The summed E-state index contributed by atoms with van der Waals surface area (Å²) in [6.45, 7) is 0. The molecule has 0 aromatic heterocycles. The molecule has 4 atom stereocenters. The van der Waals surface area contributed by atoms with Crippen LogP contribution in [-0.4, -0.2) is 37.3 Å². The van der Waals surface area contributed by atoms with E-state index in [4.69, 9.17) is 9.47 Å². The first kappa shape index (κ1) is 14.9. The van der Waals surface area contributed by atoms with Gasteiger partial charge in [-0.05, 0) is 30.4 Å². The Bertz CT molecular complexity index is 740. The zero-order chi connectivity index (χ0) is 16.8. The van der Waals surface area contributed by atoms with Gasteiger partial charge >= 0.3 is 0 Å². The standard InChI is InChI=1S/C18H18N2O4/c1-23-13-5-3-4-12(16(13)24-2)9-19-20-17(21)14-10-6-7-11(8-10)15(14)18(20)22/h3-7,9-11,14-15H,8H2,1-2H3/b19-9-/t10-,11-,14-,15+/m1/s1. The third-order valence-electron chi connectivity index (χ3n) is 5.19. The number of nitrogens with zero attached hydrogens (tertiary/aromatic N) is 2. The Labute approximate surface area is 139 Å². The van der Waals surface area contributed by atoms with Crippen molar-refractivity contribution in [1.29, 1.82) is 0 Å². The number of hydrogen-bond donors (Lipinski definition) is 0. The lowest BCUT2D eigenvalue weighted by atomic mass is 9.85. The second-order valence-electron chi connectivity index (χ2n) is 6.32. The molecule has 0 spiro atoms. The van der Waals surface area contributed by atoms with E-state index in [2.05, 4.69) is 17.3 Å². The van der Waals surface area contributed by atoms with Crippen LogP contribution in [0.2, 0.25) is 0 Å². The SMILES string of the molecule is COc1cccc(/C=N\N2C(=O)[C@@H]3[C@H](C2=O)[C@@H]2C=C[C@@H]3C2)c1OC. The minimum absolute atomic E-state index is 0.183. The van der Waals surface area contributed by atoms with E-state index in [0.29, 0.717) is 17.1 Å². The summed E-state index contributed by atoms with van der Waals surface area (Å²) in [6, 6.07) is 5.37. The fraction of sp³-hybridized carbons (Fsp3) is 0.389. The van der Waals surface area contributed by atoms with E-state index in [1.54, 1.807) is 25.3 Å². The number of hydrogen-bond acceptors (Lipinski definition) is 5. The molecule has 1 aromatic rings. The van der Waals surface area contributed by atoms with E-state index in [0.717, 1.165) is 11.4 Å². The summed E-state index contributed by atoms with van der Waals surface area (Å²) in [7, 11) is 3.09. The van der Waals surface area contributed by atoms with Gasteiger partial charge in [0.2, 0.25) is 0 Å². The summed E-state index contributed by atoms with van der Waals surface area (Å²) in [4.78, 5) is 25.2. The number of imide groups is 1. The van der Waals surface area contributed by atoms with Crippen LogP contribution < -0.4 is 9.47 Å². The fourth-order valence-corrected chi connectivity index (χ4v) is 4.13. The quantitative estimate of drug-likeness (QED) is 0.481. The van der Waals surface area contributed by atoms with E-state index in [1.165, 1.54) is 13.3 Å². The van der Waals surface area contributed by atoms with Crippen molar-refractivity contribution in [3.05, 3.63) is 35.9 Å². The fourth-order valence-electron chi connectivity index (χ4n) is 4.13. The molecule has 1 saturated heterocycles. The first-order valence-electron chi connectivity index (χ1n) is 7.96. The van der Waals surface area contributed by atoms with Crippen LogP contribution in [0.5, 0.6) is 11.5 Å². The molecule has 6 heteroatoms. The van der Waals surface area contributed by atoms with Crippen molar-refractivity contribution in [1.82, 2.24) is 5.01 Å². The third kappa shape index (κ3) is 1.99. The van der Waals surface area contributed by atoms with E-state index in [9.17, 15) is 9.59 Å². The van der Waals surface area contributed by atoms with Crippen molar-refractivity contribution in [3.63, 3.8) is 0 Å². The van der Waals surface area contributed by atoms with Gasteiger partial charge in [0, 0.05) is 5.56 Å². The number of benzene rings is 1. The van der Waals surface area contributed by atoms with Crippen LogP contribution in [0.1, 0.15) is 12.0 Å². The van der Waals surface area contributed by atoms with E-state index in [-0.39, 0.29) is 35.5 Å². The molecule has 4 rings (SSSR count). The monoisotopic (exact) mass is 326 g/mol. The Morgan fingerprint density at radius 2 is 1.75 bits per heavy atom. The number of ether oxygens (including phenoxy) is 2. The van der Waals surface area contributed by atoms with Gasteiger partial charge in [0.1, 0.15) is 0 Å². The lowest BCUT2D eigenvalue weighted by Gasteiger charge is -2.13. The topological polar surface area (TPSA) is 68.2 Å². The van der Waals surface area contributed by atoms with Gasteiger partial charge in [0.15, 0.2) is 11.5 Å². The summed E-state index contributed by atoms with van der Waals surface area (Å²) in [5.74, 6) is 0.587. The summed E-state index contributed by atoms with van der Waals surface area (Å²) in [6.07, 6.45) is 6.52. The highest BCUT2D eigenvalue weighted by Gasteiger charge is 2.59. The maximum Gasteiger partial charge on any atom is 0.254 e. The van der Waals surface area contributed by atoms with Crippen LogP contribution in [0.15, 0.2) is 35.5 Å². The smallest absolute Gasteiger partial charge is 0.254 e. The van der Waals surface area contributed by atoms with Crippen molar-refractivity contribution >= 4 is 18.0 Å². The summed E-state index contributed by atoms with van der Waals surface area (Å²) < 4.78 is 10.6. The molecule has 2 aliphatic carbocycles. The first-order valence-corrected chi connectivity index (χ1v) is 7.96. The molecule has 2 fully saturated rings. The third-order valence-corrected chi connectivity index (χ3v) is 5.19. The number of rotatable bonds is 4. The van der Waals surface area contributed by atoms with Gasteiger partial charge in [0.25, 0.3) is 11.8 Å². The number of allylic oxidation sites excluding steroid dienone is 2. The van der Waals surface area contributed by atoms with Gasteiger partial charge in [0.05, 0.1) is 32.3 Å². The predicted octanol–water partition coefficient (Wildman–Crippen LogP) is 1.84. The predicted molar refractivity (Wildman–Crippen MR) is 86.7 cm³/mol. The lowest BCUT2D eigenvalue weighted by Crippen LogP contribution is -2.28. The Hall–Kier alpha value is -2.63. The number of fused-ring (bicyclic) bond motifs is 5. The van der Waals surface area contributed by atoms with Crippen molar-refractivity contribution in [2.45, 2.75) is 6.42 Å². The van der Waals surface area contributed by atoms with Crippen LogP contribution in [0.3, 0.4) is 0 Å². The van der Waals surface area contributed by atoms with Gasteiger partial charge in [-0.2, -0.15) is 10.1 Å². The molecule has 124 valence electrons. The second kappa shape index (κ2) is 5.47. The Kier molecular flexibility index (Phi) is 3.40. The molecule has 1 heterocycles. The van der Waals surface area contributed by atoms with Crippen LogP contribution in [0.25, 0.3) is 0 Å². The number of methoxy groups -OCH3 is 2. The summed E-state index contributed by atoms with van der Waals surface area (Å²) >= 11 is 0. The first-order chi connectivity index (χ1) is 11.7. The molecular weight excluding hydrogens is 308 g/mol. The Balaban J connectivity index is 1.62. The average Bonchev–Trinajstić information content (AvgIpc) is 3.27. The summed E-state index contributed by atoms with van der Waals surface area (Å²) in [5, 5.41) is 5.19. The molecular formula is C18H18N2O4. The average molecular weight is 326 g/mol. The van der Waals surface area contributed by atoms with Gasteiger partial charge in [-0.25, -0.2) is 0 Å². The molecule has 0 N–H and O–H groups in total. The highest BCUT2D eigenvalue weighted by molar-refractivity contribution is 6.07. The number of carbonyl (C=O) groups excluding carboxylic acids is 2. The molecule has 24 heavy (non-hydrogen) atoms. The van der Waals surface area contributed by atoms with E-state index < -0.39 is 0 Å². The molecule has 1 aliphatic heterocycles. The number of carbonyl (C=O) groups is 2. The summed E-state index contributed by atoms with van der Waals surface area (Å²) in [5.41, 5.74) is 0.649. The maximum absolute atomic E-state index is 12.6. The van der Waals surface area contributed by atoms with Crippen molar-refractivity contribution < 1.29 is 19.1 Å². The number of hydrazone groups is 1. The maximum atomic E-state index is 12.6. The largest absolute Gasteiger partial charge is 0.493 e. The van der Waals surface area contributed by atoms with Crippen LogP contribution in [0, 0.1) is 23.7 Å². The van der Waals surface area contributed by atoms with Crippen molar-refractivity contribution in [2.24, 2.45) is 28.8 Å². The van der Waals surface area contributed by atoms with Crippen LogP contribution >= 0.6 is 0 Å². The van der Waals surface area contributed by atoms with Crippen molar-refractivity contribution in [3.8, 4) is 11.5 Å². The molecule has 1 saturated carbocycles. The molecule has 2 bridgehead atoms. The van der Waals surface area contributed by atoms with Crippen LogP contribution in [-0.2, 0) is 9.59 Å². The number of amides is 2. The minimum Gasteiger partial charge on any atom is -0.493 e. The molecule has 0 radical (unpaired) electrons. The van der Waals surface area contributed by atoms with Gasteiger partial charge in [-0.15, -0.1) is 0 Å². The molecule has 2 amide bonds. The second-order valence-corrected chi connectivity index (χ2v) is 6.32. The van der Waals surface area contributed by atoms with Crippen LogP contribution in [0.4, 0.5) is 0 Å². The minimum atomic E-state index is -0.239. The molecule has 0 unspecified atom stereocenters. The van der Waals surface area contributed by atoms with Gasteiger partial charge in [-0.1, -0.05) is 18.2 Å². The van der Waals surface area contributed by atoms with Gasteiger partial charge < -0.3 is 9.47 Å². The zero-order valence-corrected chi connectivity index (χ0v) is 13.5. The normalized spacial score (nSPS) is 30.5. The van der Waals surface area contributed by atoms with Gasteiger partial charge in [-0.3, -0.25) is 9.59 Å². The lowest BCUT2D eigenvalue weighted by molar-refractivity contribution is -0.140. The highest BCUT2D eigenvalue weighted by Crippen LogP contribution is 2.52.